The van der Waals surface area contributed by atoms with E-state index in [1.807, 2.05) is 6.07 Å². The topological polar surface area (TPSA) is 55.2 Å². The van der Waals surface area contributed by atoms with Gasteiger partial charge in [0.05, 0.1) is 11.0 Å². The molecule has 1 aromatic heterocycles. The van der Waals surface area contributed by atoms with Crippen LogP contribution in [-0.4, -0.2) is 4.92 Å². The molecule has 0 saturated carbocycles. The lowest BCUT2D eigenvalue weighted by atomic mass is 10.2. The first-order valence-electron chi connectivity index (χ1n) is 5.08. The average Bonchev–Trinajstić information content (AvgIpc) is 2.65. The molecule has 0 aliphatic rings. The maximum absolute atomic E-state index is 13.2. The third kappa shape index (κ3) is 3.65. The highest BCUT2D eigenvalue weighted by Gasteiger charge is 2.10. The summed E-state index contributed by atoms with van der Waals surface area (Å²) in [6.07, 6.45) is 0. The van der Waals surface area contributed by atoms with Crippen molar-refractivity contribution in [3.05, 3.63) is 53.9 Å². The quantitative estimate of drug-likeness (QED) is 0.624. The molecule has 4 nitrogen and oxygen atoms in total. The number of thiophene rings is 1. The molecule has 0 fully saturated rings. The highest BCUT2D eigenvalue weighted by atomic mass is 79.9. The van der Waals surface area contributed by atoms with Gasteiger partial charge in [0.2, 0.25) is 0 Å². The Morgan fingerprint density at radius 1 is 1.42 bits per heavy atom. The third-order valence-electron chi connectivity index (χ3n) is 2.26. The van der Waals surface area contributed by atoms with E-state index in [2.05, 4.69) is 21.2 Å². The van der Waals surface area contributed by atoms with Crippen LogP contribution < -0.4 is 5.32 Å². The minimum atomic E-state index is -0.651. The molecule has 19 heavy (non-hydrogen) atoms. The number of nitrogens with zero attached hydrogens (tertiary/aromatic N) is 1. The second kappa shape index (κ2) is 5.85. The minimum absolute atomic E-state index is 0.284. The predicted octanol–water partition coefficient (Wildman–Crippen LogP) is 4.82. The summed E-state index contributed by atoms with van der Waals surface area (Å²) in [4.78, 5) is 10.9. The molecular weight excluding hydrogens is 359 g/mol. The lowest BCUT2D eigenvalue weighted by Gasteiger charge is -2.04. The molecular formula is C11H7BrClFN2O2S. The fourth-order valence-electron chi connectivity index (χ4n) is 1.45. The molecule has 0 bridgehead atoms. The SMILES string of the molecule is O=[N+]([O-])c1cc(F)cc(NCc2cc(Br)c(Cl)s2)c1. The molecule has 0 atom stereocenters. The summed E-state index contributed by atoms with van der Waals surface area (Å²) in [5, 5.41) is 13.5. The van der Waals surface area contributed by atoms with Gasteiger partial charge in [-0.1, -0.05) is 11.6 Å². The van der Waals surface area contributed by atoms with Crippen LogP contribution in [0.2, 0.25) is 4.34 Å². The molecule has 0 saturated heterocycles. The van der Waals surface area contributed by atoms with Crippen LogP contribution >= 0.6 is 38.9 Å². The summed E-state index contributed by atoms with van der Waals surface area (Å²) in [7, 11) is 0. The van der Waals surface area contributed by atoms with Gasteiger partial charge in [0.1, 0.15) is 10.2 Å². The fraction of sp³-hybridized carbons (Fsp3) is 0.0909. The lowest BCUT2D eigenvalue weighted by Crippen LogP contribution is -1.99. The van der Waals surface area contributed by atoms with Crippen molar-refractivity contribution in [2.45, 2.75) is 6.54 Å². The van der Waals surface area contributed by atoms with Gasteiger partial charge >= 0.3 is 0 Å². The van der Waals surface area contributed by atoms with Gasteiger partial charge in [-0.05, 0) is 28.1 Å². The summed E-state index contributed by atoms with van der Waals surface area (Å²) in [5.74, 6) is -0.651. The van der Waals surface area contributed by atoms with E-state index in [1.165, 1.54) is 23.5 Å². The zero-order valence-corrected chi connectivity index (χ0v) is 12.5. The van der Waals surface area contributed by atoms with Crippen molar-refractivity contribution in [2.75, 3.05) is 5.32 Å². The summed E-state index contributed by atoms with van der Waals surface area (Å²) < 4.78 is 14.6. The molecule has 0 unspecified atom stereocenters. The van der Waals surface area contributed by atoms with Crippen molar-refractivity contribution >= 4 is 50.2 Å². The Morgan fingerprint density at radius 3 is 2.74 bits per heavy atom. The number of hydrogen-bond donors (Lipinski definition) is 1. The molecule has 0 aliphatic heterocycles. The summed E-state index contributed by atoms with van der Waals surface area (Å²) in [6.45, 7) is 0.413. The van der Waals surface area contributed by atoms with E-state index in [9.17, 15) is 14.5 Å². The number of non-ortho nitro benzene ring substituents is 1. The van der Waals surface area contributed by atoms with E-state index in [4.69, 9.17) is 11.6 Å². The Morgan fingerprint density at radius 2 is 2.16 bits per heavy atom. The Labute approximate surface area is 125 Å². The van der Waals surface area contributed by atoms with Gasteiger partial charge in [0.25, 0.3) is 5.69 Å². The number of nitrogens with one attached hydrogen (secondary N) is 1. The van der Waals surface area contributed by atoms with E-state index in [-0.39, 0.29) is 5.69 Å². The standard InChI is InChI=1S/C11H7BrClFN2O2S/c12-10-4-9(19-11(10)13)5-15-7-1-6(14)2-8(3-7)16(17)18/h1-4,15H,5H2. The van der Waals surface area contributed by atoms with Crippen molar-refractivity contribution in [1.29, 1.82) is 0 Å². The number of hydrogen-bond acceptors (Lipinski definition) is 4. The van der Waals surface area contributed by atoms with Crippen LogP contribution in [-0.2, 0) is 6.54 Å². The van der Waals surface area contributed by atoms with Gasteiger partial charge in [-0.2, -0.15) is 0 Å². The summed E-state index contributed by atoms with van der Waals surface area (Å²) in [6, 6.07) is 5.21. The Bertz CT molecular complexity index is 616. The smallest absolute Gasteiger partial charge is 0.274 e. The largest absolute Gasteiger partial charge is 0.380 e. The maximum atomic E-state index is 13.2. The number of nitro benzene ring substituents is 1. The molecule has 1 aromatic carbocycles. The summed E-state index contributed by atoms with van der Waals surface area (Å²) in [5.41, 5.74) is 0.0697. The van der Waals surface area contributed by atoms with E-state index >= 15 is 0 Å². The Hall–Kier alpha value is -1.18. The first kappa shape index (κ1) is 14.2. The lowest BCUT2D eigenvalue weighted by molar-refractivity contribution is -0.385. The molecule has 1 heterocycles. The van der Waals surface area contributed by atoms with Gasteiger partial charge < -0.3 is 5.32 Å². The number of benzene rings is 1. The maximum Gasteiger partial charge on any atom is 0.274 e. The van der Waals surface area contributed by atoms with Crippen molar-refractivity contribution in [2.24, 2.45) is 0 Å². The van der Waals surface area contributed by atoms with Crippen LogP contribution in [0.1, 0.15) is 4.88 Å². The second-order valence-electron chi connectivity index (χ2n) is 3.64. The molecule has 0 aliphatic carbocycles. The van der Waals surface area contributed by atoms with E-state index in [0.29, 0.717) is 16.6 Å². The molecule has 100 valence electrons. The average molecular weight is 366 g/mol. The van der Waals surface area contributed by atoms with Crippen molar-refractivity contribution in [3.63, 3.8) is 0 Å². The number of anilines is 1. The predicted molar refractivity (Wildman–Crippen MR) is 77.4 cm³/mol. The van der Waals surface area contributed by atoms with E-state index in [0.717, 1.165) is 15.4 Å². The Balaban J connectivity index is 2.13. The third-order valence-corrected chi connectivity index (χ3v) is 4.73. The monoisotopic (exact) mass is 364 g/mol. The summed E-state index contributed by atoms with van der Waals surface area (Å²) >= 11 is 10.6. The zero-order valence-electron chi connectivity index (χ0n) is 9.32. The molecule has 2 aromatic rings. The van der Waals surface area contributed by atoms with Crippen LogP contribution in [0.4, 0.5) is 15.8 Å². The second-order valence-corrected chi connectivity index (χ2v) is 6.24. The fourth-order valence-corrected chi connectivity index (χ4v) is 3.18. The number of rotatable bonds is 4. The molecule has 0 spiro atoms. The van der Waals surface area contributed by atoms with E-state index in [1.54, 1.807) is 0 Å². The van der Waals surface area contributed by atoms with Crippen molar-refractivity contribution < 1.29 is 9.31 Å². The van der Waals surface area contributed by atoms with Gasteiger partial charge in [-0.25, -0.2) is 4.39 Å². The van der Waals surface area contributed by atoms with Crippen LogP contribution in [0, 0.1) is 15.9 Å². The highest BCUT2D eigenvalue weighted by Crippen LogP contribution is 2.32. The molecule has 8 heteroatoms. The van der Waals surface area contributed by atoms with Gasteiger partial charge in [-0.3, -0.25) is 10.1 Å². The van der Waals surface area contributed by atoms with Crippen LogP contribution in [0.15, 0.2) is 28.7 Å². The van der Waals surface area contributed by atoms with Crippen LogP contribution in [0.25, 0.3) is 0 Å². The van der Waals surface area contributed by atoms with Crippen LogP contribution in [0.5, 0.6) is 0 Å². The van der Waals surface area contributed by atoms with Gasteiger partial charge in [0, 0.05) is 27.6 Å². The molecule has 0 amide bonds. The zero-order chi connectivity index (χ0) is 14.0. The molecule has 2 rings (SSSR count). The molecule has 0 radical (unpaired) electrons. The first-order chi connectivity index (χ1) is 8.95. The molecule has 1 N–H and O–H groups in total. The number of halogens is 3. The first-order valence-corrected chi connectivity index (χ1v) is 7.07. The van der Waals surface area contributed by atoms with Crippen LogP contribution in [0.3, 0.4) is 0 Å². The van der Waals surface area contributed by atoms with Crippen molar-refractivity contribution in [1.82, 2.24) is 0 Å². The normalized spacial score (nSPS) is 10.5. The highest BCUT2D eigenvalue weighted by molar-refractivity contribution is 9.10. The van der Waals surface area contributed by atoms with Crippen molar-refractivity contribution in [3.8, 4) is 0 Å². The van der Waals surface area contributed by atoms with Gasteiger partial charge in [0.15, 0.2) is 0 Å². The minimum Gasteiger partial charge on any atom is -0.380 e. The Kier molecular flexibility index (Phi) is 4.38. The van der Waals surface area contributed by atoms with E-state index < -0.39 is 10.7 Å². The number of nitro groups is 1. The van der Waals surface area contributed by atoms with Gasteiger partial charge in [-0.15, -0.1) is 11.3 Å².